The van der Waals surface area contributed by atoms with E-state index in [2.05, 4.69) is 4.98 Å². The molecule has 0 bridgehead atoms. The van der Waals surface area contributed by atoms with E-state index in [0.29, 0.717) is 10.9 Å². The number of carboxylic acids is 1. The van der Waals surface area contributed by atoms with Crippen LogP contribution in [-0.2, 0) is 0 Å². The first-order valence-corrected chi connectivity index (χ1v) is 4.38. The lowest BCUT2D eigenvalue weighted by atomic mass is 10.1. The predicted molar refractivity (Wildman–Crippen MR) is 53.4 cm³/mol. The number of fused-ring (bicyclic) bond motifs is 1. The summed E-state index contributed by atoms with van der Waals surface area (Å²) in [5.41, 5.74) is 0.631. The molecule has 15 heavy (non-hydrogen) atoms. The van der Waals surface area contributed by atoms with Gasteiger partial charge in [-0.2, -0.15) is 0 Å². The lowest BCUT2D eigenvalue weighted by Gasteiger charge is -2.04. The van der Waals surface area contributed by atoms with Gasteiger partial charge in [0.05, 0.1) is 5.56 Å². The van der Waals surface area contributed by atoms with E-state index in [-0.39, 0.29) is 11.1 Å². The Morgan fingerprint density at radius 1 is 1.40 bits per heavy atom. The van der Waals surface area contributed by atoms with E-state index in [1.807, 2.05) is 0 Å². The summed E-state index contributed by atoms with van der Waals surface area (Å²) < 4.78 is 13.6. The SMILES string of the molecule is Cc1ccc2c(C(=O)O)ccnc2c1F. The van der Waals surface area contributed by atoms with Crippen molar-refractivity contribution < 1.29 is 14.3 Å². The van der Waals surface area contributed by atoms with E-state index < -0.39 is 11.8 Å². The lowest BCUT2D eigenvalue weighted by Crippen LogP contribution is -1.99. The van der Waals surface area contributed by atoms with E-state index in [9.17, 15) is 9.18 Å². The fourth-order valence-corrected chi connectivity index (χ4v) is 1.47. The molecule has 1 aromatic heterocycles. The highest BCUT2D eigenvalue weighted by molar-refractivity contribution is 6.02. The molecule has 0 atom stereocenters. The first-order valence-electron chi connectivity index (χ1n) is 4.38. The van der Waals surface area contributed by atoms with Gasteiger partial charge in [0.15, 0.2) is 5.82 Å². The maximum atomic E-state index is 13.6. The number of halogens is 1. The van der Waals surface area contributed by atoms with E-state index in [4.69, 9.17) is 5.11 Å². The van der Waals surface area contributed by atoms with Crippen LogP contribution >= 0.6 is 0 Å². The third kappa shape index (κ3) is 1.44. The largest absolute Gasteiger partial charge is 0.478 e. The van der Waals surface area contributed by atoms with Crippen LogP contribution in [0.15, 0.2) is 24.4 Å². The minimum atomic E-state index is -1.08. The molecule has 2 rings (SSSR count). The Morgan fingerprint density at radius 3 is 2.80 bits per heavy atom. The Balaban J connectivity index is 2.89. The van der Waals surface area contributed by atoms with E-state index >= 15 is 0 Å². The highest BCUT2D eigenvalue weighted by Crippen LogP contribution is 2.21. The van der Waals surface area contributed by atoms with Gasteiger partial charge in [-0.25, -0.2) is 9.18 Å². The molecule has 0 saturated heterocycles. The predicted octanol–water partition coefficient (Wildman–Crippen LogP) is 2.38. The Hall–Kier alpha value is -1.97. The second kappa shape index (κ2) is 3.31. The second-order valence-electron chi connectivity index (χ2n) is 3.26. The van der Waals surface area contributed by atoms with Crippen LogP contribution in [0.2, 0.25) is 0 Å². The van der Waals surface area contributed by atoms with Crippen molar-refractivity contribution in [1.82, 2.24) is 4.98 Å². The number of carbonyl (C=O) groups is 1. The number of hydrogen-bond donors (Lipinski definition) is 1. The molecular weight excluding hydrogens is 197 g/mol. The van der Waals surface area contributed by atoms with E-state index in [1.54, 1.807) is 19.1 Å². The minimum absolute atomic E-state index is 0.0684. The maximum Gasteiger partial charge on any atom is 0.336 e. The molecule has 0 radical (unpaired) electrons. The highest BCUT2D eigenvalue weighted by atomic mass is 19.1. The zero-order valence-electron chi connectivity index (χ0n) is 7.99. The molecule has 0 unspecified atom stereocenters. The Labute approximate surface area is 85.2 Å². The van der Waals surface area contributed by atoms with Crippen LogP contribution in [-0.4, -0.2) is 16.1 Å². The van der Waals surface area contributed by atoms with Crippen molar-refractivity contribution in [2.45, 2.75) is 6.92 Å². The zero-order valence-corrected chi connectivity index (χ0v) is 7.99. The first kappa shape index (κ1) is 9.58. The molecule has 4 heteroatoms. The molecule has 0 amide bonds. The number of carboxylic acid groups (broad SMARTS) is 1. The average molecular weight is 205 g/mol. The van der Waals surface area contributed by atoms with Gasteiger partial charge in [-0.3, -0.25) is 4.98 Å². The number of aromatic carboxylic acids is 1. The van der Waals surface area contributed by atoms with Crippen LogP contribution in [0.4, 0.5) is 4.39 Å². The summed E-state index contributed by atoms with van der Waals surface area (Å²) in [7, 11) is 0. The second-order valence-corrected chi connectivity index (χ2v) is 3.26. The molecular formula is C11H8FNO2. The number of pyridine rings is 1. The normalized spacial score (nSPS) is 10.5. The topological polar surface area (TPSA) is 50.2 Å². The molecule has 0 saturated carbocycles. The zero-order chi connectivity index (χ0) is 11.0. The van der Waals surface area contributed by atoms with Crippen LogP contribution in [0, 0.1) is 12.7 Å². The van der Waals surface area contributed by atoms with Gasteiger partial charge in [0.2, 0.25) is 0 Å². The van der Waals surface area contributed by atoms with Crippen LogP contribution in [0.25, 0.3) is 10.9 Å². The molecule has 0 spiro atoms. The fraction of sp³-hybridized carbons (Fsp3) is 0.0909. The summed E-state index contributed by atoms with van der Waals surface area (Å²) >= 11 is 0. The van der Waals surface area contributed by atoms with Crippen LogP contribution in [0.3, 0.4) is 0 Å². The molecule has 0 aliphatic carbocycles. The van der Waals surface area contributed by atoms with Crippen molar-refractivity contribution in [3.05, 3.63) is 41.3 Å². The summed E-state index contributed by atoms with van der Waals surface area (Å²) in [6.07, 6.45) is 1.30. The number of aryl methyl sites for hydroxylation is 1. The summed E-state index contributed by atoms with van der Waals surface area (Å²) in [5, 5.41) is 9.22. The molecule has 2 aromatic rings. The minimum Gasteiger partial charge on any atom is -0.478 e. The van der Waals surface area contributed by atoms with Gasteiger partial charge in [-0.15, -0.1) is 0 Å². The molecule has 3 nitrogen and oxygen atoms in total. The van der Waals surface area contributed by atoms with Crippen molar-refractivity contribution in [3.63, 3.8) is 0 Å². The Morgan fingerprint density at radius 2 is 2.13 bits per heavy atom. The number of benzene rings is 1. The van der Waals surface area contributed by atoms with E-state index in [0.717, 1.165) is 0 Å². The van der Waals surface area contributed by atoms with Gasteiger partial charge in [0.25, 0.3) is 0 Å². The maximum absolute atomic E-state index is 13.6. The average Bonchev–Trinajstić information content (AvgIpc) is 2.23. The van der Waals surface area contributed by atoms with Gasteiger partial charge in [0, 0.05) is 11.6 Å². The molecule has 1 heterocycles. The molecule has 1 aromatic carbocycles. The van der Waals surface area contributed by atoms with Crippen molar-refractivity contribution in [1.29, 1.82) is 0 Å². The van der Waals surface area contributed by atoms with Crippen molar-refractivity contribution in [3.8, 4) is 0 Å². The fourth-order valence-electron chi connectivity index (χ4n) is 1.47. The van der Waals surface area contributed by atoms with Crippen molar-refractivity contribution in [2.24, 2.45) is 0 Å². The van der Waals surface area contributed by atoms with Gasteiger partial charge < -0.3 is 5.11 Å². The first-order chi connectivity index (χ1) is 7.11. The van der Waals surface area contributed by atoms with Crippen molar-refractivity contribution >= 4 is 16.9 Å². The molecule has 0 aliphatic heterocycles. The number of nitrogens with zero attached hydrogens (tertiary/aromatic N) is 1. The Kier molecular flexibility index (Phi) is 2.11. The number of rotatable bonds is 1. The van der Waals surface area contributed by atoms with Gasteiger partial charge >= 0.3 is 5.97 Å². The molecule has 1 N–H and O–H groups in total. The van der Waals surface area contributed by atoms with Crippen LogP contribution in [0.1, 0.15) is 15.9 Å². The lowest BCUT2D eigenvalue weighted by molar-refractivity contribution is 0.0699. The van der Waals surface area contributed by atoms with Gasteiger partial charge in [0.1, 0.15) is 5.52 Å². The standard InChI is InChI=1S/C11H8FNO2/c1-6-2-3-7-8(11(14)15)4-5-13-10(7)9(6)12/h2-5H,1H3,(H,14,15). The quantitative estimate of drug-likeness (QED) is 0.777. The van der Waals surface area contributed by atoms with E-state index in [1.165, 1.54) is 12.3 Å². The molecule has 0 fully saturated rings. The van der Waals surface area contributed by atoms with Crippen LogP contribution < -0.4 is 0 Å². The summed E-state index contributed by atoms with van der Waals surface area (Å²) in [6, 6.07) is 4.48. The molecule has 76 valence electrons. The third-order valence-electron chi connectivity index (χ3n) is 2.27. The summed E-state index contributed by atoms with van der Waals surface area (Å²) in [5.74, 6) is -1.54. The van der Waals surface area contributed by atoms with Gasteiger partial charge in [-0.1, -0.05) is 12.1 Å². The van der Waals surface area contributed by atoms with Crippen LogP contribution in [0.5, 0.6) is 0 Å². The highest BCUT2D eigenvalue weighted by Gasteiger charge is 2.12. The smallest absolute Gasteiger partial charge is 0.336 e. The van der Waals surface area contributed by atoms with Gasteiger partial charge in [-0.05, 0) is 18.6 Å². The van der Waals surface area contributed by atoms with Crippen molar-refractivity contribution in [2.75, 3.05) is 0 Å². The number of hydrogen-bond acceptors (Lipinski definition) is 2. The summed E-state index contributed by atoms with van der Waals surface area (Å²) in [4.78, 5) is 14.7. The monoisotopic (exact) mass is 205 g/mol. The number of aromatic nitrogens is 1. The molecule has 0 aliphatic rings. The Bertz CT molecular complexity index is 552. The third-order valence-corrected chi connectivity index (χ3v) is 2.27. The summed E-state index contributed by atoms with van der Waals surface area (Å²) in [6.45, 7) is 1.61.